The lowest BCUT2D eigenvalue weighted by Gasteiger charge is -2.44. The second kappa shape index (κ2) is 7.06. The summed E-state index contributed by atoms with van der Waals surface area (Å²) in [6, 6.07) is 15.0. The van der Waals surface area contributed by atoms with E-state index in [4.69, 9.17) is 4.63 Å². The van der Waals surface area contributed by atoms with Gasteiger partial charge in [0, 0.05) is 18.6 Å². The quantitative estimate of drug-likeness (QED) is 0.754. The van der Waals surface area contributed by atoms with E-state index in [-0.39, 0.29) is 5.54 Å². The van der Waals surface area contributed by atoms with Gasteiger partial charge in [0.05, 0.1) is 0 Å². The van der Waals surface area contributed by atoms with Crippen LogP contribution in [0.4, 0.5) is 0 Å². The zero-order valence-electron chi connectivity index (χ0n) is 15.7. The number of likely N-dealkylation sites (tertiary alicyclic amines) is 1. The first-order valence-electron chi connectivity index (χ1n) is 10.1. The van der Waals surface area contributed by atoms with Gasteiger partial charge < -0.3 is 5.32 Å². The number of piperidine rings is 1. The molecule has 5 rings (SSSR count). The molecule has 0 radical (unpaired) electrons. The zero-order valence-corrected chi connectivity index (χ0v) is 15.7. The molecule has 2 aliphatic rings. The van der Waals surface area contributed by atoms with E-state index in [1.165, 1.54) is 43.5 Å². The van der Waals surface area contributed by atoms with Crippen LogP contribution < -0.4 is 5.32 Å². The summed E-state index contributed by atoms with van der Waals surface area (Å²) in [5.41, 5.74) is 6.08. The number of nitrogens with one attached hydrogen (secondary N) is 1. The maximum absolute atomic E-state index is 4.91. The fourth-order valence-corrected chi connectivity index (χ4v) is 4.94. The first-order valence-corrected chi connectivity index (χ1v) is 10.1. The SMILES string of the molecule is c1ccc2c(c1)CC(CNCc1cccc3nonc13)(N1CCCCC1)C2. The molecule has 3 aromatic rings. The number of nitrogens with zero attached hydrogens (tertiary/aromatic N) is 3. The van der Waals surface area contributed by atoms with Crippen LogP contribution in [0.3, 0.4) is 0 Å². The number of aromatic nitrogens is 2. The summed E-state index contributed by atoms with van der Waals surface area (Å²) in [4.78, 5) is 2.75. The Morgan fingerprint density at radius 1 is 0.926 bits per heavy atom. The number of fused-ring (bicyclic) bond motifs is 2. The van der Waals surface area contributed by atoms with Gasteiger partial charge in [-0.15, -0.1) is 0 Å². The lowest BCUT2D eigenvalue weighted by molar-refractivity contribution is 0.0724. The van der Waals surface area contributed by atoms with E-state index in [2.05, 4.69) is 50.9 Å². The van der Waals surface area contributed by atoms with Crippen molar-refractivity contribution in [3.05, 3.63) is 59.2 Å². The van der Waals surface area contributed by atoms with Gasteiger partial charge in [-0.3, -0.25) is 4.90 Å². The molecule has 1 fully saturated rings. The summed E-state index contributed by atoms with van der Waals surface area (Å²) in [6.45, 7) is 4.22. The van der Waals surface area contributed by atoms with Crippen molar-refractivity contribution in [1.82, 2.24) is 20.5 Å². The summed E-state index contributed by atoms with van der Waals surface area (Å²) in [5.74, 6) is 0. The van der Waals surface area contributed by atoms with Crippen LogP contribution in [0, 0.1) is 0 Å². The smallest absolute Gasteiger partial charge is 0.139 e. The largest absolute Gasteiger partial charge is 0.311 e. The molecule has 5 heteroatoms. The predicted octanol–water partition coefficient (Wildman–Crippen LogP) is 3.34. The number of rotatable bonds is 5. The third-order valence-electron chi connectivity index (χ3n) is 6.32. The van der Waals surface area contributed by atoms with E-state index in [9.17, 15) is 0 Å². The van der Waals surface area contributed by atoms with Crippen LogP contribution in [-0.4, -0.2) is 40.4 Å². The second-order valence-corrected chi connectivity index (χ2v) is 8.05. The van der Waals surface area contributed by atoms with Crippen molar-refractivity contribution in [2.24, 2.45) is 0 Å². The molecule has 0 unspecified atom stereocenters. The molecule has 0 bridgehead atoms. The van der Waals surface area contributed by atoms with Crippen molar-refractivity contribution < 1.29 is 4.63 Å². The highest BCUT2D eigenvalue weighted by Crippen LogP contribution is 2.36. The van der Waals surface area contributed by atoms with E-state index in [1.807, 2.05) is 12.1 Å². The van der Waals surface area contributed by atoms with Crippen molar-refractivity contribution in [3.63, 3.8) is 0 Å². The summed E-state index contributed by atoms with van der Waals surface area (Å²) in [6.07, 6.45) is 6.30. The van der Waals surface area contributed by atoms with Crippen LogP contribution in [0.15, 0.2) is 47.1 Å². The summed E-state index contributed by atoms with van der Waals surface area (Å²) in [5, 5.41) is 11.8. The van der Waals surface area contributed by atoms with E-state index in [0.717, 1.165) is 42.5 Å². The zero-order chi connectivity index (χ0) is 18.1. The minimum atomic E-state index is 0.195. The Kier molecular flexibility index (Phi) is 4.42. The Morgan fingerprint density at radius 2 is 1.70 bits per heavy atom. The van der Waals surface area contributed by atoms with Gasteiger partial charge in [-0.1, -0.05) is 42.8 Å². The first-order chi connectivity index (χ1) is 13.3. The van der Waals surface area contributed by atoms with Crippen LogP contribution in [0.5, 0.6) is 0 Å². The highest BCUT2D eigenvalue weighted by atomic mass is 16.6. The molecule has 2 aromatic carbocycles. The van der Waals surface area contributed by atoms with Gasteiger partial charge >= 0.3 is 0 Å². The molecule has 1 aromatic heterocycles. The van der Waals surface area contributed by atoms with Crippen LogP contribution in [-0.2, 0) is 19.4 Å². The molecular weight excluding hydrogens is 336 g/mol. The number of benzene rings is 2. The normalized spacial score (nSPS) is 19.4. The minimum Gasteiger partial charge on any atom is -0.311 e. The molecule has 0 saturated carbocycles. The number of hydrogen-bond acceptors (Lipinski definition) is 5. The van der Waals surface area contributed by atoms with Crippen molar-refractivity contribution in [2.45, 2.75) is 44.2 Å². The molecule has 0 amide bonds. The van der Waals surface area contributed by atoms with Crippen molar-refractivity contribution >= 4 is 11.0 Å². The Bertz CT molecular complexity index is 904. The maximum atomic E-state index is 4.91. The predicted molar refractivity (Wildman–Crippen MR) is 106 cm³/mol. The molecule has 0 spiro atoms. The van der Waals surface area contributed by atoms with E-state index < -0.39 is 0 Å². The van der Waals surface area contributed by atoms with Crippen molar-refractivity contribution in [2.75, 3.05) is 19.6 Å². The third kappa shape index (κ3) is 3.15. The van der Waals surface area contributed by atoms with Gasteiger partial charge in [0.2, 0.25) is 0 Å². The van der Waals surface area contributed by atoms with Crippen molar-refractivity contribution in [1.29, 1.82) is 0 Å². The first kappa shape index (κ1) is 16.9. The molecule has 1 N–H and O–H groups in total. The van der Waals surface area contributed by atoms with E-state index in [0.29, 0.717) is 0 Å². The van der Waals surface area contributed by atoms with Crippen molar-refractivity contribution in [3.8, 4) is 0 Å². The van der Waals surface area contributed by atoms with Gasteiger partial charge in [-0.2, -0.15) is 0 Å². The van der Waals surface area contributed by atoms with Crippen LogP contribution in [0.25, 0.3) is 11.0 Å². The Morgan fingerprint density at radius 3 is 2.48 bits per heavy atom. The average molecular weight is 362 g/mol. The minimum absolute atomic E-state index is 0.195. The molecule has 1 saturated heterocycles. The Hall–Kier alpha value is -2.24. The number of hydrogen-bond donors (Lipinski definition) is 1. The molecule has 140 valence electrons. The molecule has 1 aliphatic carbocycles. The van der Waals surface area contributed by atoms with E-state index in [1.54, 1.807) is 0 Å². The summed E-state index contributed by atoms with van der Waals surface area (Å²) >= 11 is 0. The van der Waals surface area contributed by atoms with Gasteiger partial charge in [-0.05, 0) is 71.8 Å². The van der Waals surface area contributed by atoms with Crippen LogP contribution in [0.2, 0.25) is 0 Å². The fourth-order valence-electron chi connectivity index (χ4n) is 4.94. The van der Waals surface area contributed by atoms with Crippen LogP contribution in [0.1, 0.15) is 36.0 Å². The monoisotopic (exact) mass is 362 g/mol. The molecule has 1 aliphatic heterocycles. The highest BCUT2D eigenvalue weighted by Gasteiger charge is 2.42. The standard InChI is InChI=1S/C22H26N4O/c1-4-11-26(12-5-1)22(13-17-7-2-3-8-18(17)14-22)16-23-15-19-9-6-10-20-21(19)25-27-24-20/h2-3,6-10,23H,1,4-5,11-16H2. The molecule has 2 heterocycles. The fraction of sp³-hybridized carbons (Fsp3) is 0.455. The average Bonchev–Trinajstić information content (AvgIpc) is 3.34. The van der Waals surface area contributed by atoms with E-state index >= 15 is 0 Å². The van der Waals surface area contributed by atoms with Gasteiger partial charge in [-0.25, -0.2) is 4.63 Å². The van der Waals surface area contributed by atoms with Gasteiger partial charge in [0.15, 0.2) is 0 Å². The van der Waals surface area contributed by atoms with Crippen LogP contribution >= 0.6 is 0 Å². The molecular formula is C22H26N4O. The van der Waals surface area contributed by atoms with Gasteiger partial charge in [0.1, 0.15) is 11.0 Å². The highest BCUT2D eigenvalue weighted by molar-refractivity contribution is 5.76. The summed E-state index contributed by atoms with van der Waals surface area (Å²) < 4.78 is 4.91. The lowest BCUT2D eigenvalue weighted by atomic mass is 9.90. The molecule has 5 nitrogen and oxygen atoms in total. The summed E-state index contributed by atoms with van der Waals surface area (Å²) in [7, 11) is 0. The topological polar surface area (TPSA) is 54.2 Å². The lowest BCUT2D eigenvalue weighted by Crippen LogP contribution is -2.57. The molecule has 27 heavy (non-hydrogen) atoms. The maximum Gasteiger partial charge on any atom is 0.139 e. The second-order valence-electron chi connectivity index (χ2n) is 8.05. The third-order valence-corrected chi connectivity index (χ3v) is 6.32. The van der Waals surface area contributed by atoms with Gasteiger partial charge in [0.25, 0.3) is 0 Å². The Labute approximate surface area is 159 Å². The Balaban J connectivity index is 1.35. The molecule has 0 atom stereocenters.